The highest BCUT2D eigenvalue weighted by molar-refractivity contribution is 7.99. The maximum atomic E-state index is 12.4. The molecule has 1 heterocycles. The molecular weight excluding hydrogens is 397 g/mol. The van der Waals surface area contributed by atoms with Crippen molar-refractivity contribution in [2.45, 2.75) is 9.79 Å². The third-order valence-corrected chi connectivity index (χ3v) is 5.89. The Kier molecular flexibility index (Phi) is 5.00. The van der Waals surface area contributed by atoms with E-state index in [9.17, 15) is 4.79 Å². The normalized spacial score (nSPS) is 11.1. The maximum absolute atomic E-state index is 12.4. The Morgan fingerprint density at radius 3 is 2.30 bits per heavy atom. The van der Waals surface area contributed by atoms with Crippen LogP contribution in [0.2, 0.25) is 10.0 Å². The largest absolute Gasteiger partial charge is 0.311 e. The molecule has 0 radical (unpaired) electrons. The standard InChI is InChI=1S/C22H15Cl2NOS/c1-25-21-10-9-18(27-17-7-5-15(23)6-8-17)12-20(21)19(13-22(25)26)14-3-2-4-16(24)11-14/h2-13H,1H3. The number of hydrogen-bond donors (Lipinski definition) is 0. The van der Waals surface area contributed by atoms with Gasteiger partial charge < -0.3 is 4.57 Å². The fourth-order valence-electron chi connectivity index (χ4n) is 3.04. The van der Waals surface area contributed by atoms with Crippen molar-refractivity contribution >= 4 is 45.9 Å². The summed E-state index contributed by atoms with van der Waals surface area (Å²) in [5.74, 6) is 0. The second kappa shape index (κ2) is 7.43. The van der Waals surface area contributed by atoms with Gasteiger partial charge in [0.05, 0.1) is 5.52 Å². The van der Waals surface area contributed by atoms with E-state index in [-0.39, 0.29) is 5.56 Å². The maximum Gasteiger partial charge on any atom is 0.251 e. The summed E-state index contributed by atoms with van der Waals surface area (Å²) in [5.41, 5.74) is 2.65. The van der Waals surface area contributed by atoms with E-state index in [1.807, 2.05) is 60.7 Å². The monoisotopic (exact) mass is 411 g/mol. The van der Waals surface area contributed by atoms with Gasteiger partial charge in [-0.25, -0.2) is 0 Å². The average molecular weight is 412 g/mol. The van der Waals surface area contributed by atoms with Crippen molar-refractivity contribution < 1.29 is 0 Å². The van der Waals surface area contributed by atoms with Crippen LogP contribution in [-0.2, 0) is 7.05 Å². The first-order valence-corrected chi connectivity index (χ1v) is 9.92. The molecule has 0 aliphatic carbocycles. The molecule has 0 fully saturated rings. The van der Waals surface area contributed by atoms with Gasteiger partial charge in [-0.1, -0.05) is 47.1 Å². The van der Waals surface area contributed by atoms with E-state index in [4.69, 9.17) is 23.2 Å². The van der Waals surface area contributed by atoms with Crippen molar-refractivity contribution in [3.63, 3.8) is 0 Å². The molecule has 0 spiro atoms. The number of hydrogen-bond acceptors (Lipinski definition) is 2. The topological polar surface area (TPSA) is 22.0 Å². The van der Waals surface area contributed by atoms with E-state index in [1.54, 1.807) is 29.4 Å². The van der Waals surface area contributed by atoms with Crippen molar-refractivity contribution in [2.24, 2.45) is 7.05 Å². The Morgan fingerprint density at radius 2 is 1.56 bits per heavy atom. The number of nitrogens with zero attached hydrogens (tertiary/aromatic N) is 1. The first kappa shape index (κ1) is 18.2. The van der Waals surface area contributed by atoms with Crippen LogP contribution in [0.1, 0.15) is 0 Å². The van der Waals surface area contributed by atoms with Gasteiger partial charge in [-0.2, -0.15) is 0 Å². The lowest BCUT2D eigenvalue weighted by Gasteiger charge is -2.12. The van der Waals surface area contributed by atoms with Crippen molar-refractivity contribution in [2.75, 3.05) is 0 Å². The van der Waals surface area contributed by atoms with Crippen molar-refractivity contribution in [3.8, 4) is 11.1 Å². The Bertz CT molecular complexity index is 1200. The lowest BCUT2D eigenvalue weighted by Crippen LogP contribution is -2.16. The molecule has 0 saturated heterocycles. The second-order valence-corrected chi connectivity index (χ2v) is 8.22. The van der Waals surface area contributed by atoms with Crippen LogP contribution < -0.4 is 5.56 Å². The van der Waals surface area contributed by atoms with Crippen LogP contribution in [-0.4, -0.2) is 4.57 Å². The lowest BCUT2D eigenvalue weighted by molar-refractivity contribution is 0.906. The van der Waals surface area contributed by atoms with Crippen LogP contribution in [0.15, 0.2) is 87.4 Å². The molecule has 4 aromatic rings. The Hall–Kier alpha value is -2.20. The number of benzene rings is 3. The summed E-state index contributed by atoms with van der Waals surface area (Å²) < 4.78 is 1.67. The van der Waals surface area contributed by atoms with E-state index in [0.29, 0.717) is 5.02 Å². The van der Waals surface area contributed by atoms with Crippen molar-refractivity contribution in [3.05, 3.63) is 93.2 Å². The third-order valence-electron chi connectivity index (χ3n) is 4.40. The lowest BCUT2D eigenvalue weighted by atomic mass is 10.0. The summed E-state index contributed by atoms with van der Waals surface area (Å²) in [6.45, 7) is 0. The SMILES string of the molecule is Cn1c(=O)cc(-c2cccc(Cl)c2)c2cc(Sc3ccc(Cl)cc3)ccc21. The number of rotatable bonds is 3. The molecule has 3 aromatic carbocycles. The molecule has 134 valence electrons. The van der Waals surface area contributed by atoms with Crippen LogP contribution in [0, 0.1) is 0 Å². The van der Waals surface area contributed by atoms with Gasteiger partial charge in [-0.15, -0.1) is 0 Å². The van der Waals surface area contributed by atoms with E-state index < -0.39 is 0 Å². The second-order valence-electron chi connectivity index (χ2n) is 6.20. The molecule has 0 aliphatic rings. The smallest absolute Gasteiger partial charge is 0.251 e. The molecular formula is C22H15Cl2NOS. The van der Waals surface area contributed by atoms with E-state index in [1.165, 1.54) is 0 Å². The number of fused-ring (bicyclic) bond motifs is 1. The number of aryl methyl sites for hydroxylation is 1. The highest BCUT2D eigenvalue weighted by atomic mass is 35.5. The van der Waals surface area contributed by atoms with Gasteiger partial charge in [-0.3, -0.25) is 4.79 Å². The van der Waals surface area contributed by atoms with Crippen LogP contribution in [0.3, 0.4) is 0 Å². The van der Waals surface area contributed by atoms with Crippen molar-refractivity contribution in [1.82, 2.24) is 4.57 Å². The zero-order valence-electron chi connectivity index (χ0n) is 14.4. The van der Waals surface area contributed by atoms with E-state index in [0.717, 1.165) is 36.8 Å². The van der Waals surface area contributed by atoms with E-state index >= 15 is 0 Å². The first-order chi connectivity index (χ1) is 13.0. The molecule has 0 atom stereocenters. The minimum atomic E-state index is -0.0458. The highest BCUT2D eigenvalue weighted by Crippen LogP contribution is 2.34. The molecule has 2 nitrogen and oxygen atoms in total. The van der Waals surface area contributed by atoms with Gasteiger partial charge in [-0.05, 0) is 65.7 Å². The predicted octanol–water partition coefficient (Wildman–Crippen LogP) is 6.66. The zero-order chi connectivity index (χ0) is 19.0. The Balaban J connectivity index is 1.88. The van der Waals surface area contributed by atoms with Gasteiger partial charge >= 0.3 is 0 Å². The van der Waals surface area contributed by atoms with Crippen LogP contribution in [0.25, 0.3) is 22.0 Å². The molecule has 4 rings (SSSR count). The van der Waals surface area contributed by atoms with Gasteiger partial charge in [0.2, 0.25) is 0 Å². The van der Waals surface area contributed by atoms with Crippen LogP contribution in [0.5, 0.6) is 0 Å². The summed E-state index contributed by atoms with van der Waals surface area (Å²) in [7, 11) is 1.79. The number of aromatic nitrogens is 1. The van der Waals surface area contributed by atoms with Crippen LogP contribution in [0.4, 0.5) is 0 Å². The minimum Gasteiger partial charge on any atom is -0.311 e. The Morgan fingerprint density at radius 1 is 0.815 bits per heavy atom. The highest BCUT2D eigenvalue weighted by Gasteiger charge is 2.11. The molecule has 0 unspecified atom stereocenters. The van der Waals surface area contributed by atoms with Gasteiger partial charge in [0.25, 0.3) is 5.56 Å². The molecule has 0 saturated carbocycles. The fourth-order valence-corrected chi connectivity index (χ4v) is 4.21. The molecule has 0 N–H and O–H groups in total. The molecule has 0 bridgehead atoms. The van der Waals surface area contributed by atoms with Crippen molar-refractivity contribution in [1.29, 1.82) is 0 Å². The summed E-state index contributed by atoms with van der Waals surface area (Å²) in [4.78, 5) is 14.6. The average Bonchev–Trinajstić information content (AvgIpc) is 2.66. The summed E-state index contributed by atoms with van der Waals surface area (Å²) in [6.07, 6.45) is 0. The number of pyridine rings is 1. The minimum absolute atomic E-state index is 0.0458. The van der Waals surface area contributed by atoms with Gasteiger partial charge in [0.15, 0.2) is 0 Å². The molecule has 0 amide bonds. The molecule has 1 aromatic heterocycles. The molecule has 5 heteroatoms. The summed E-state index contributed by atoms with van der Waals surface area (Å²) >= 11 is 13.8. The number of halogens is 2. The summed E-state index contributed by atoms with van der Waals surface area (Å²) in [6, 6.07) is 23.1. The van der Waals surface area contributed by atoms with Gasteiger partial charge in [0.1, 0.15) is 0 Å². The van der Waals surface area contributed by atoms with E-state index in [2.05, 4.69) is 6.07 Å². The van der Waals surface area contributed by atoms with Gasteiger partial charge in [0, 0.05) is 38.3 Å². The quantitative estimate of drug-likeness (QED) is 0.375. The summed E-state index contributed by atoms with van der Waals surface area (Å²) in [5, 5.41) is 2.38. The first-order valence-electron chi connectivity index (χ1n) is 8.34. The molecule has 0 aliphatic heterocycles. The Labute approximate surface area is 171 Å². The molecule has 27 heavy (non-hydrogen) atoms. The zero-order valence-corrected chi connectivity index (χ0v) is 16.8. The predicted molar refractivity (Wildman–Crippen MR) is 115 cm³/mol. The van der Waals surface area contributed by atoms with Crippen LogP contribution >= 0.6 is 35.0 Å². The third kappa shape index (κ3) is 3.77. The fraction of sp³-hybridized carbons (Fsp3) is 0.0455.